The molecule has 15 heavy (non-hydrogen) atoms. The highest BCUT2D eigenvalue weighted by Crippen LogP contribution is 2.29. The van der Waals surface area contributed by atoms with E-state index in [9.17, 15) is 0 Å². The van der Waals surface area contributed by atoms with Crippen LogP contribution in [0.3, 0.4) is 0 Å². The molecule has 0 aliphatic rings. The first-order valence-corrected chi connectivity index (χ1v) is 5.62. The van der Waals surface area contributed by atoms with Crippen molar-refractivity contribution in [2.24, 2.45) is 0 Å². The fourth-order valence-corrected chi connectivity index (χ4v) is 1.92. The molecule has 1 unspecified atom stereocenters. The molecule has 4 heteroatoms. The van der Waals surface area contributed by atoms with Crippen molar-refractivity contribution in [1.29, 1.82) is 0 Å². The van der Waals surface area contributed by atoms with Gasteiger partial charge in [0.25, 0.3) is 0 Å². The number of furan rings is 2. The van der Waals surface area contributed by atoms with Crippen molar-refractivity contribution in [2.75, 3.05) is 6.54 Å². The second-order valence-corrected chi connectivity index (χ2v) is 3.99. The standard InChI is InChI=1S/C11H12BrNO2/c1-2-13-10(9-4-3-6-14-9)11-8(12)5-7-15-11/h3-7,10,13H,2H2,1H3. The Kier molecular flexibility index (Phi) is 3.28. The number of hydrogen-bond acceptors (Lipinski definition) is 3. The molecule has 80 valence electrons. The summed E-state index contributed by atoms with van der Waals surface area (Å²) < 4.78 is 11.8. The van der Waals surface area contributed by atoms with Crippen molar-refractivity contribution < 1.29 is 8.83 Å². The zero-order valence-electron chi connectivity index (χ0n) is 8.37. The molecule has 1 N–H and O–H groups in total. The average molecular weight is 270 g/mol. The van der Waals surface area contributed by atoms with Gasteiger partial charge in [0, 0.05) is 0 Å². The summed E-state index contributed by atoms with van der Waals surface area (Å²) in [5, 5.41) is 3.31. The van der Waals surface area contributed by atoms with Crippen LogP contribution in [0.2, 0.25) is 0 Å². The highest BCUT2D eigenvalue weighted by Gasteiger charge is 2.21. The molecule has 2 rings (SSSR count). The number of nitrogens with one attached hydrogen (secondary N) is 1. The van der Waals surface area contributed by atoms with Crippen LogP contribution in [-0.4, -0.2) is 6.54 Å². The van der Waals surface area contributed by atoms with Crippen molar-refractivity contribution in [3.8, 4) is 0 Å². The Bertz CT molecular complexity index is 408. The first-order valence-electron chi connectivity index (χ1n) is 4.82. The lowest BCUT2D eigenvalue weighted by molar-refractivity contribution is 0.391. The summed E-state index contributed by atoms with van der Waals surface area (Å²) in [5.74, 6) is 1.69. The lowest BCUT2D eigenvalue weighted by atomic mass is 10.1. The largest absolute Gasteiger partial charge is 0.467 e. The highest BCUT2D eigenvalue weighted by atomic mass is 79.9. The van der Waals surface area contributed by atoms with Gasteiger partial charge in [-0.2, -0.15) is 0 Å². The topological polar surface area (TPSA) is 38.3 Å². The van der Waals surface area contributed by atoms with E-state index in [-0.39, 0.29) is 6.04 Å². The third-order valence-electron chi connectivity index (χ3n) is 2.14. The molecule has 0 aliphatic heterocycles. The van der Waals surface area contributed by atoms with E-state index in [4.69, 9.17) is 8.83 Å². The van der Waals surface area contributed by atoms with E-state index < -0.39 is 0 Å². The number of hydrogen-bond donors (Lipinski definition) is 1. The van der Waals surface area contributed by atoms with E-state index in [0.717, 1.165) is 22.5 Å². The van der Waals surface area contributed by atoms with E-state index in [1.165, 1.54) is 0 Å². The molecule has 3 nitrogen and oxygen atoms in total. The van der Waals surface area contributed by atoms with Gasteiger partial charge in [0.2, 0.25) is 0 Å². The van der Waals surface area contributed by atoms with Crippen LogP contribution >= 0.6 is 15.9 Å². The SMILES string of the molecule is CCNC(c1ccco1)c1occc1Br. The molecule has 0 aromatic carbocycles. The third-order valence-corrected chi connectivity index (χ3v) is 2.80. The van der Waals surface area contributed by atoms with Crippen molar-refractivity contribution in [1.82, 2.24) is 5.32 Å². The molecule has 0 fully saturated rings. The van der Waals surface area contributed by atoms with Crippen LogP contribution in [0.5, 0.6) is 0 Å². The molecular weight excluding hydrogens is 258 g/mol. The fourth-order valence-electron chi connectivity index (χ4n) is 1.49. The maximum atomic E-state index is 5.43. The molecule has 0 radical (unpaired) electrons. The van der Waals surface area contributed by atoms with Gasteiger partial charge in [-0.05, 0) is 40.7 Å². The zero-order chi connectivity index (χ0) is 10.7. The van der Waals surface area contributed by atoms with Crippen LogP contribution in [0.4, 0.5) is 0 Å². The Hall–Kier alpha value is -1.00. The van der Waals surface area contributed by atoms with Crippen molar-refractivity contribution >= 4 is 15.9 Å². The molecule has 2 aromatic rings. The van der Waals surface area contributed by atoms with Gasteiger partial charge in [0.1, 0.15) is 17.6 Å². The van der Waals surface area contributed by atoms with Gasteiger partial charge in [-0.1, -0.05) is 6.92 Å². The van der Waals surface area contributed by atoms with Crippen LogP contribution in [0.25, 0.3) is 0 Å². The summed E-state index contributed by atoms with van der Waals surface area (Å²) in [6.45, 7) is 2.89. The van der Waals surface area contributed by atoms with Crippen LogP contribution in [0, 0.1) is 0 Å². The minimum atomic E-state index is -0.0330. The molecule has 0 saturated carbocycles. The van der Waals surface area contributed by atoms with Gasteiger partial charge in [0.05, 0.1) is 17.0 Å². The Morgan fingerprint density at radius 1 is 1.33 bits per heavy atom. The average Bonchev–Trinajstić information content (AvgIpc) is 2.85. The molecule has 0 bridgehead atoms. The van der Waals surface area contributed by atoms with E-state index in [0.29, 0.717) is 0 Å². The second kappa shape index (κ2) is 4.68. The summed E-state index contributed by atoms with van der Waals surface area (Å²) >= 11 is 3.45. The zero-order valence-corrected chi connectivity index (χ0v) is 9.95. The third kappa shape index (κ3) is 2.16. The Morgan fingerprint density at radius 3 is 2.73 bits per heavy atom. The van der Waals surface area contributed by atoms with Gasteiger partial charge in [0.15, 0.2) is 0 Å². The minimum Gasteiger partial charge on any atom is -0.467 e. The fraction of sp³-hybridized carbons (Fsp3) is 0.273. The predicted molar refractivity (Wildman–Crippen MR) is 60.6 cm³/mol. The normalized spacial score (nSPS) is 12.9. The van der Waals surface area contributed by atoms with Crippen LogP contribution in [0.1, 0.15) is 24.5 Å². The summed E-state index contributed by atoms with van der Waals surface area (Å²) in [4.78, 5) is 0. The Morgan fingerprint density at radius 2 is 2.20 bits per heavy atom. The van der Waals surface area contributed by atoms with E-state index >= 15 is 0 Å². The first-order chi connectivity index (χ1) is 7.33. The maximum Gasteiger partial charge on any atom is 0.142 e. The van der Waals surface area contributed by atoms with Crippen molar-refractivity contribution in [3.63, 3.8) is 0 Å². The molecule has 2 heterocycles. The summed E-state index contributed by atoms with van der Waals surface area (Å²) in [5.41, 5.74) is 0. The van der Waals surface area contributed by atoms with Gasteiger partial charge >= 0.3 is 0 Å². The van der Waals surface area contributed by atoms with Gasteiger partial charge in [-0.25, -0.2) is 0 Å². The van der Waals surface area contributed by atoms with E-state index in [1.807, 2.05) is 25.1 Å². The van der Waals surface area contributed by atoms with Crippen molar-refractivity contribution in [2.45, 2.75) is 13.0 Å². The van der Waals surface area contributed by atoms with E-state index in [2.05, 4.69) is 21.2 Å². The second-order valence-electron chi connectivity index (χ2n) is 3.14. The summed E-state index contributed by atoms with van der Waals surface area (Å²) in [7, 11) is 0. The maximum absolute atomic E-state index is 5.43. The monoisotopic (exact) mass is 269 g/mol. The van der Waals surface area contributed by atoms with E-state index in [1.54, 1.807) is 12.5 Å². The minimum absolute atomic E-state index is 0.0330. The van der Waals surface area contributed by atoms with Crippen LogP contribution < -0.4 is 5.32 Å². The molecule has 2 aromatic heterocycles. The summed E-state index contributed by atoms with van der Waals surface area (Å²) in [6.07, 6.45) is 3.32. The first kappa shape index (κ1) is 10.5. The lowest BCUT2D eigenvalue weighted by Crippen LogP contribution is -2.21. The highest BCUT2D eigenvalue weighted by molar-refractivity contribution is 9.10. The van der Waals surface area contributed by atoms with Gasteiger partial charge < -0.3 is 14.2 Å². The molecule has 0 amide bonds. The summed E-state index contributed by atoms with van der Waals surface area (Å²) in [6, 6.07) is 5.65. The van der Waals surface area contributed by atoms with Crippen molar-refractivity contribution in [3.05, 3.63) is 46.7 Å². The smallest absolute Gasteiger partial charge is 0.142 e. The molecule has 0 aliphatic carbocycles. The Labute approximate surface area is 96.6 Å². The van der Waals surface area contributed by atoms with Crippen LogP contribution in [0.15, 0.2) is 44.0 Å². The van der Waals surface area contributed by atoms with Gasteiger partial charge in [-0.15, -0.1) is 0 Å². The molecule has 0 saturated heterocycles. The molecule has 0 spiro atoms. The predicted octanol–water partition coefficient (Wildman–Crippen LogP) is 3.33. The Balaban J connectivity index is 2.32. The lowest BCUT2D eigenvalue weighted by Gasteiger charge is -2.13. The quantitative estimate of drug-likeness (QED) is 0.926. The van der Waals surface area contributed by atoms with Gasteiger partial charge in [-0.3, -0.25) is 0 Å². The molecular formula is C11H12BrNO2. The number of rotatable bonds is 4. The van der Waals surface area contributed by atoms with Crippen LogP contribution in [-0.2, 0) is 0 Å². The molecule has 1 atom stereocenters. The number of halogens is 1.